The number of furan rings is 1. The maximum absolute atomic E-state index is 10.8. The molecule has 0 aromatic carbocycles. The molecule has 7 heteroatoms. The molecule has 1 N–H and O–H groups in total. The summed E-state index contributed by atoms with van der Waals surface area (Å²) in [6, 6.07) is 6.12. The molecule has 18 heavy (non-hydrogen) atoms. The number of hydrogen-bond acceptors (Lipinski definition) is 4. The van der Waals surface area contributed by atoms with Crippen molar-refractivity contribution in [2.45, 2.75) is 0 Å². The molecule has 0 saturated carbocycles. The van der Waals surface area contributed by atoms with Crippen molar-refractivity contribution in [1.29, 1.82) is 0 Å². The van der Waals surface area contributed by atoms with Crippen LogP contribution in [0.25, 0.3) is 17.2 Å². The van der Waals surface area contributed by atoms with Crippen LogP contribution in [-0.4, -0.2) is 25.7 Å². The minimum atomic E-state index is -1.01. The van der Waals surface area contributed by atoms with Gasteiger partial charge in [-0.15, -0.1) is 5.10 Å². The van der Waals surface area contributed by atoms with E-state index in [4.69, 9.17) is 21.1 Å². The van der Waals surface area contributed by atoms with Crippen molar-refractivity contribution in [3.05, 3.63) is 41.2 Å². The third-order valence-electron chi connectivity index (χ3n) is 2.38. The lowest BCUT2D eigenvalue weighted by Crippen LogP contribution is -1.97. The Hall–Kier alpha value is -2.34. The first kappa shape index (κ1) is 10.8. The van der Waals surface area contributed by atoms with Crippen LogP contribution >= 0.6 is 11.6 Å². The zero-order valence-corrected chi connectivity index (χ0v) is 9.63. The van der Waals surface area contributed by atoms with Crippen molar-refractivity contribution < 1.29 is 14.3 Å². The van der Waals surface area contributed by atoms with Gasteiger partial charge in [0.1, 0.15) is 0 Å². The summed E-state index contributed by atoms with van der Waals surface area (Å²) in [6.45, 7) is 0. The Balaban J connectivity index is 2.13. The molecule has 3 rings (SSSR count). The molecule has 0 unspecified atom stereocenters. The first-order valence-corrected chi connectivity index (χ1v) is 5.37. The van der Waals surface area contributed by atoms with Gasteiger partial charge in [0.05, 0.1) is 5.56 Å². The van der Waals surface area contributed by atoms with Gasteiger partial charge < -0.3 is 9.52 Å². The second-order valence-electron chi connectivity index (χ2n) is 3.56. The molecule has 0 saturated heterocycles. The molecular weight excluding hydrogens is 258 g/mol. The molecule has 0 atom stereocenters. The number of pyridine rings is 1. The third kappa shape index (κ3) is 1.72. The van der Waals surface area contributed by atoms with Crippen molar-refractivity contribution in [1.82, 2.24) is 14.6 Å². The lowest BCUT2D eigenvalue weighted by atomic mass is 10.3. The topological polar surface area (TPSA) is 80.6 Å². The summed E-state index contributed by atoms with van der Waals surface area (Å²) >= 11 is 5.67. The number of halogens is 1. The highest BCUT2D eigenvalue weighted by Gasteiger charge is 2.12. The Morgan fingerprint density at radius 1 is 1.39 bits per heavy atom. The molecule has 3 heterocycles. The van der Waals surface area contributed by atoms with E-state index in [-0.39, 0.29) is 10.8 Å². The third-order valence-corrected chi connectivity index (χ3v) is 2.58. The quantitative estimate of drug-likeness (QED) is 0.767. The van der Waals surface area contributed by atoms with Gasteiger partial charge in [-0.1, -0.05) is 0 Å². The summed E-state index contributed by atoms with van der Waals surface area (Å²) < 4.78 is 6.66. The summed E-state index contributed by atoms with van der Waals surface area (Å²) in [5.74, 6) is -0.229. The average molecular weight is 264 g/mol. The number of carbonyl (C=O) groups is 1. The van der Waals surface area contributed by atoms with Crippen molar-refractivity contribution in [3.63, 3.8) is 0 Å². The van der Waals surface area contributed by atoms with E-state index < -0.39 is 5.97 Å². The van der Waals surface area contributed by atoms with Crippen LogP contribution in [0, 0.1) is 0 Å². The van der Waals surface area contributed by atoms with Gasteiger partial charge in [-0.2, -0.15) is 0 Å². The van der Waals surface area contributed by atoms with Gasteiger partial charge in [-0.25, -0.2) is 14.3 Å². The molecule has 0 radical (unpaired) electrons. The highest BCUT2D eigenvalue weighted by Crippen LogP contribution is 2.22. The molecule has 3 aromatic heterocycles. The fourth-order valence-electron chi connectivity index (χ4n) is 1.55. The van der Waals surface area contributed by atoms with Crippen LogP contribution in [0.2, 0.25) is 5.22 Å². The largest absolute Gasteiger partial charge is 0.478 e. The second-order valence-corrected chi connectivity index (χ2v) is 3.94. The van der Waals surface area contributed by atoms with Crippen molar-refractivity contribution in [2.75, 3.05) is 0 Å². The van der Waals surface area contributed by atoms with Gasteiger partial charge in [0.25, 0.3) is 0 Å². The number of carboxylic acids is 1. The highest BCUT2D eigenvalue weighted by atomic mass is 35.5. The Morgan fingerprint density at radius 2 is 2.22 bits per heavy atom. The molecule has 0 fully saturated rings. The van der Waals surface area contributed by atoms with E-state index in [1.165, 1.54) is 22.8 Å². The maximum atomic E-state index is 10.8. The van der Waals surface area contributed by atoms with Crippen molar-refractivity contribution in [2.24, 2.45) is 0 Å². The second kappa shape index (κ2) is 3.85. The smallest absolute Gasteiger partial charge is 0.335 e. The lowest BCUT2D eigenvalue weighted by molar-refractivity contribution is 0.0697. The van der Waals surface area contributed by atoms with Crippen molar-refractivity contribution in [3.8, 4) is 11.6 Å². The van der Waals surface area contributed by atoms with E-state index in [0.717, 1.165) is 0 Å². The number of aromatic nitrogens is 3. The Morgan fingerprint density at radius 3 is 2.89 bits per heavy atom. The van der Waals surface area contributed by atoms with Gasteiger partial charge in [0.15, 0.2) is 16.6 Å². The summed E-state index contributed by atoms with van der Waals surface area (Å²) in [4.78, 5) is 15.0. The van der Waals surface area contributed by atoms with E-state index in [0.29, 0.717) is 17.2 Å². The number of carboxylic acid groups (broad SMARTS) is 1. The molecular formula is C11H6ClN3O3. The van der Waals surface area contributed by atoms with E-state index in [1.54, 1.807) is 12.1 Å². The number of aromatic carboxylic acids is 1. The highest BCUT2D eigenvalue weighted by molar-refractivity contribution is 6.28. The van der Waals surface area contributed by atoms with Crippen LogP contribution < -0.4 is 0 Å². The van der Waals surface area contributed by atoms with E-state index in [1.807, 2.05) is 0 Å². The van der Waals surface area contributed by atoms with Gasteiger partial charge in [0.2, 0.25) is 5.82 Å². The average Bonchev–Trinajstić information content (AvgIpc) is 2.93. The van der Waals surface area contributed by atoms with Crippen LogP contribution in [0.4, 0.5) is 0 Å². The molecule has 6 nitrogen and oxygen atoms in total. The molecule has 0 bridgehead atoms. The first-order valence-electron chi connectivity index (χ1n) is 4.99. The summed E-state index contributed by atoms with van der Waals surface area (Å²) in [7, 11) is 0. The zero-order chi connectivity index (χ0) is 12.7. The summed E-state index contributed by atoms with van der Waals surface area (Å²) in [6.07, 6.45) is 1.53. The molecule has 0 aliphatic rings. The van der Waals surface area contributed by atoms with Crippen molar-refractivity contribution >= 4 is 23.2 Å². The minimum Gasteiger partial charge on any atom is -0.478 e. The van der Waals surface area contributed by atoms with Crippen LogP contribution in [-0.2, 0) is 0 Å². The van der Waals surface area contributed by atoms with Crippen LogP contribution in [0.15, 0.2) is 34.9 Å². The molecule has 0 aliphatic carbocycles. The monoisotopic (exact) mass is 263 g/mol. The Bertz CT molecular complexity index is 747. The number of rotatable bonds is 2. The van der Waals surface area contributed by atoms with E-state index >= 15 is 0 Å². The lowest BCUT2D eigenvalue weighted by Gasteiger charge is -1.93. The maximum Gasteiger partial charge on any atom is 0.335 e. The standard InChI is InChI=1S/C11H6ClN3O3/c12-8-2-1-7(18-8)10-13-9-5-6(11(16)17)3-4-15(9)14-10/h1-5H,(H,16,17). The van der Waals surface area contributed by atoms with E-state index in [2.05, 4.69) is 10.1 Å². The number of hydrogen-bond donors (Lipinski definition) is 1. The molecule has 0 aliphatic heterocycles. The SMILES string of the molecule is O=C(O)c1ccn2nc(-c3ccc(Cl)o3)nc2c1. The fraction of sp³-hybridized carbons (Fsp3) is 0. The van der Waals surface area contributed by atoms with Gasteiger partial charge in [0, 0.05) is 6.20 Å². The molecule has 90 valence electrons. The summed E-state index contributed by atoms with van der Waals surface area (Å²) in [5.41, 5.74) is 0.580. The van der Waals surface area contributed by atoms with E-state index in [9.17, 15) is 4.79 Å². The molecule has 3 aromatic rings. The van der Waals surface area contributed by atoms with Crippen LogP contribution in [0.1, 0.15) is 10.4 Å². The molecule has 0 spiro atoms. The number of fused-ring (bicyclic) bond motifs is 1. The Labute approximate surface area is 105 Å². The first-order chi connectivity index (χ1) is 8.63. The predicted molar refractivity (Wildman–Crippen MR) is 62.7 cm³/mol. The van der Waals surface area contributed by atoms with Gasteiger partial charge in [-0.05, 0) is 35.9 Å². The zero-order valence-electron chi connectivity index (χ0n) is 8.87. The Kier molecular flexibility index (Phi) is 2.31. The van der Waals surface area contributed by atoms with Gasteiger partial charge in [-0.3, -0.25) is 0 Å². The number of nitrogens with zero attached hydrogens (tertiary/aromatic N) is 3. The van der Waals surface area contributed by atoms with Crippen LogP contribution in [0.3, 0.4) is 0 Å². The van der Waals surface area contributed by atoms with Gasteiger partial charge >= 0.3 is 5.97 Å². The minimum absolute atomic E-state index is 0.152. The predicted octanol–water partition coefficient (Wildman–Crippen LogP) is 2.34. The van der Waals surface area contributed by atoms with Crippen LogP contribution in [0.5, 0.6) is 0 Å². The fourth-order valence-corrected chi connectivity index (χ4v) is 1.70. The summed E-state index contributed by atoms with van der Waals surface area (Å²) in [5, 5.41) is 13.3. The molecule has 0 amide bonds. The normalized spacial score (nSPS) is 10.9.